The number of aryl methyl sites for hydroxylation is 4. The zero-order valence-corrected chi connectivity index (χ0v) is 42.4. The van der Waals surface area contributed by atoms with Crippen LogP contribution in [0.1, 0.15) is 102 Å². The average Bonchev–Trinajstić information content (AvgIpc) is 3.95. The normalized spacial score (nSPS) is 16.9. The molecule has 22 heteroatoms. The van der Waals surface area contributed by atoms with Crippen LogP contribution in [0.4, 0.5) is 11.4 Å². The second-order valence-electron chi connectivity index (χ2n) is 17.4. The van der Waals surface area contributed by atoms with E-state index in [4.69, 9.17) is 13.6 Å². The molecule has 0 radical (unpaired) electrons. The lowest BCUT2D eigenvalue weighted by atomic mass is 10.0. The van der Waals surface area contributed by atoms with Gasteiger partial charge in [0.15, 0.2) is 28.1 Å². The molecule has 2 aliphatic rings. The molecule has 0 saturated carbocycles. The van der Waals surface area contributed by atoms with E-state index in [-0.39, 0.29) is 75.7 Å². The van der Waals surface area contributed by atoms with E-state index in [0.717, 1.165) is 22.3 Å². The summed E-state index contributed by atoms with van der Waals surface area (Å²) < 4.78 is 72.1. The molecule has 6 rings (SSSR count). The molecule has 4 aromatic rings. The van der Waals surface area contributed by atoms with Crippen molar-refractivity contribution in [2.75, 3.05) is 45.4 Å². The Morgan fingerprint density at radius 2 is 1.16 bits per heavy atom. The van der Waals surface area contributed by atoms with Gasteiger partial charge in [-0.15, -0.1) is 0 Å². The maximum Gasteiger partial charge on any atom is 0.354 e. The Labute approximate surface area is 402 Å². The molecule has 2 amide bonds. The van der Waals surface area contributed by atoms with E-state index in [1.807, 2.05) is 67.5 Å². The summed E-state index contributed by atoms with van der Waals surface area (Å²) in [6, 6.07) is 11.7. The number of esters is 1. The quantitative estimate of drug-likeness (QED) is 0.0581. The van der Waals surface area contributed by atoms with Crippen molar-refractivity contribution >= 4 is 60.9 Å². The Balaban J connectivity index is 0.000000260. The summed E-state index contributed by atoms with van der Waals surface area (Å²) in [6.07, 6.45) is 0. The minimum absolute atomic E-state index is 0.00174. The molecular formula is C47H60N8O12S2. The summed E-state index contributed by atoms with van der Waals surface area (Å²) in [4.78, 5) is 48.8. The van der Waals surface area contributed by atoms with Gasteiger partial charge in [-0.3, -0.25) is 29.0 Å². The number of amidine groups is 2. The van der Waals surface area contributed by atoms with Crippen LogP contribution < -0.4 is 20.1 Å². The Bertz CT molecular complexity index is 2960. The molecule has 69 heavy (non-hydrogen) atoms. The number of anilines is 2. The molecule has 2 aromatic heterocycles. The average molecular weight is 993 g/mol. The van der Waals surface area contributed by atoms with Crippen LogP contribution in [-0.2, 0) is 29.6 Å². The van der Waals surface area contributed by atoms with E-state index in [9.17, 15) is 41.4 Å². The molecule has 4 heterocycles. The number of carbonyl (C=O) groups excluding carboxylic acids is 3. The first-order valence-corrected chi connectivity index (χ1v) is 24.8. The van der Waals surface area contributed by atoms with Crippen LogP contribution >= 0.6 is 0 Å². The van der Waals surface area contributed by atoms with E-state index in [1.165, 1.54) is 48.2 Å². The van der Waals surface area contributed by atoms with E-state index in [0.29, 0.717) is 17.3 Å². The Morgan fingerprint density at radius 3 is 1.57 bits per heavy atom. The van der Waals surface area contributed by atoms with Crippen molar-refractivity contribution in [3.8, 4) is 11.5 Å². The number of hydrogen-bond donors (Lipinski definition) is 6. The van der Waals surface area contributed by atoms with Gasteiger partial charge in [0.05, 0.1) is 40.2 Å². The predicted molar refractivity (Wildman–Crippen MR) is 262 cm³/mol. The van der Waals surface area contributed by atoms with Crippen LogP contribution in [0.5, 0.6) is 11.5 Å². The Morgan fingerprint density at radius 1 is 0.710 bits per heavy atom. The molecule has 2 atom stereocenters. The number of aromatic hydroxyl groups is 2. The van der Waals surface area contributed by atoms with Crippen molar-refractivity contribution in [1.82, 2.24) is 19.2 Å². The smallest absolute Gasteiger partial charge is 0.354 e. The largest absolute Gasteiger partial charge is 0.505 e. The standard InChI is InChI=1S/C25H32N4O7S.C22H28N4O5S/c1-8-35-25(32)22-20(26-17-11-9-10-16(21(17)30)24(31)29(6)7)23(28-37(22,33)34)27-19(13(2)3)18-12-14(4)15(5)36-18;1-12(2)19(18-10-13(3)14(4)31-18)24-21-17(11-32(29,30)25-21)23-16-9-7-8-15(20(16)27)22(28)26(5)6/h9-13,19,26,30H,8H2,1-7H3,(H,27,28);7-12,19,23,27H,1-6H3,(H,24,25)/t2*19-/m11/s1. The lowest BCUT2D eigenvalue weighted by Gasteiger charge is -2.18. The van der Waals surface area contributed by atoms with E-state index < -0.39 is 54.7 Å². The number of para-hydroxylation sites is 2. The number of amides is 2. The summed E-state index contributed by atoms with van der Waals surface area (Å²) in [7, 11) is -1.91. The fourth-order valence-corrected chi connectivity index (χ4v) is 9.13. The van der Waals surface area contributed by atoms with Gasteiger partial charge in [0.25, 0.3) is 31.9 Å². The first kappa shape index (κ1) is 52.9. The van der Waals surface area contributed by atoms with Gasteiger partial charge >= 0.3 is 5.97 Å². The number of phenolic OH excluding ortho intramolecular Hbond substituents is 2. The topological polar surface area (TPSA) is 275 Å². The third kappa shape index (κ3) is 12.0. The van der Waals surface area contributed by atoms with Crippen molar-refractivity contribution in [2.24, 2.45) is 21.8 Å². The van der Waals surface area contributed by atoms with Crippen LogP contribution in [0.15, 0.2) is 89.1 Å². The second-order valence-corrected chi connectivity index (χ2v) is 20.5. The summed E-state index contributed by atoms with van der Waals surface area (Å²) in [5, 5.41) is 28.1. The summed E-state index contributed by atoms with van der Waals surface area (Å²) in [5.74, 6) is -0.129. The van der Waals surface area contributed by atoms with Gasteiger partial charge in [0, 0.05) is 28.2 Å². The summed E-state index contributed by atoms with van der Waals surface area (Å²) in [5.41, 5.74) is 2.11. The fraction of sp³-hybridized carbons (Fsp3) is 0.383. The van der Waals surface area contributed by atoms with Gasteiger partial charge in [-0.1, -0.05) is 39.8 Å². The molecular weight excluding hydrogens is 933 g/mol. The third-order valence-corrected chi connectivity index (χ3v) is 13.2. The minimum Gasteiger partial charge on any atom is -0.505 e. The van der Waals surface area contributed by atoms with Crippen molar-refractivity contribution in [3.63, 3.8) is 0 Å². The molecule has 0 unspecified atom stereocenters. The highest BCUT2D eigenvalue weighted by atomic mass is 32.2. The molecule has 2 aliphatic heterocycles. The van der Waals surface area contributed by atoms with Gasteiger partial charge in [-0.2, -0.15) is 0 Å². The van der Waals surface area contributed by atoms with Gasteiger partial charge in [0.1, 0.15) is 40.8 Å². The zero-order chi connectivity index (χ0) is 51.4. The minimum atomic E-state index is -4.36. The van der Waals surface area contributed by atoms with Gasteiger partial charge < -0.3 is 44.2 Å². The maximum atomic E-state index is 13.0. The number of aliphatic imine (C=N–C) groups is 2. The van der Waals surface area contributed by atoms with Crippen molar-refractivity contribution < 1.29 is 55.0 Å². The number of nitrogens with zero attached hydrogens (tertiary/aromatic N) is 4. The number of ether oxygens (including phenoxy) is 1. The van der Waals surface area contributed by atoms with E-state index >= 15 is 0 Å². The third-order valence-electron chi connectivity index (χ3n) is 10.8. The number of phenols is 2. The molecule has 0 spiro atoms. The Kier molecular flexibility index (Phi) is 16.1. The molecule has 372 valence electrons. The molecule has 0 bridgehead atoms. The number of hydrogen-bond acceptors (Lipinski definition) is 16. The number of benzene rings is 2. The fourth-order valence-electron chi connectivity index (χ4n) is 6.95. The molecule has 0 saturated heterocycles. The van der Waals surface area contributed by atoms with Crippen LogP contribution in [0.25, 0.3) is 0 Å². The van der Waals surface area contributed by atoms with Crippen LogP contribution in [0, 0.1) is 39.5 Å². The SMILES string of the molecule is CCOC(=O)C1=C(Nc2cccc(C(=O)N(C)C)c2O)C(=N[C@@H](c2cc(C)c(C)o2)C(C)C)NS1(=O)=O.Cc1cc([C@H](N=C2NS(=O)(=O)C=C2Nc2cccc(C(=O)N(C)C)c2O)C(C)C)oc1C. The van der Waals surface area contributed by atoms with E-state index in [1.54, 1.807) is 33.2 Å². The first-order valence-electron chi connectivity index (χ1n) is 21.8. The van der Waals surface area contributed by atoms with Gasteiger partial charge in [-0.05, 0) is 94.0 Å². The molecule has 2 aromatic carbocycles. The number of rotatable bonds is 14. The second kappa shape index (κ2) is 21.1. The lowest BCUT2D eigenvalue weighted by molar-refractivity contribution is -0.137. The molecule has 6 N–H and O–H groups in total. The highest BCUT2D eigenvalue weighted by Gasteiger charge is 2.42. The summed E-state index contributed by atoms with van der Waals surface area (Å²) in [6.45, 7) is 16.7. The van der Waals surface area contributed by atoms with Crippen molar-refractivity contribution in [2.45, 2.75) is 74.4 Å². The Hall–Kier alpha value is -7.07. The zero-order valence-electron chi connectivity index (χ0n) is 40.8. The molecule has 20 nitrogen and oxygen atoms in total. The monoisotopic (exact) mass is 992 g/mol. The lowest BCUT2D eigenvalue weighted by Crippen LogP contribution is -2.27. The highest BCUT2D eigenvalue weighted by molar-refractivity contribution is 7.95. The maximum absolute atomic E-state index is 13.0. The number of nitrogens with one attached hydrogen (secondary N) is 4. The van der Waals surface area contributed by atoms with Crippen molar-refractivity contribution in [1.29, 1.82) is 0 Å². The first-order chi connectivity index (χ1) is 32.2. The predicted octanol–water partition coefficient (Wildman–Crippen LogP) is 6.51. The summed E-state index contributed by atoms with van der Waals surface area (Å²) >= 11 is 0. The van der Waals surface area contributed by atoms with Gasteiger partial charge in [-0.25, -0.2) is 21.6 Å². The molecule has 0 aliphatic carbocycles. The number of furan rings is 2. The van der Waals surface area contributed by atoms with Crippen LogP contribution in [0.2, 0.25) is 0 Å². The molecule has 0 fully saturated rings. The highest BCUT2D eigenvalue weighted by Crippen LogP contribution is 2.36. The van der Waals surface area contributed by atoms with Crippen molar-refractivity contribution in [3.05, 3.63) is 116 Å². The van der Waals surface area contributed by atoms with Gasteiger partial charge in [0.2, 0.25) is 0 Å². The van der Waals surface area contributed by atoms with E-state index in [2.05, 4.69) is 30.1 Å². The number of carbonyl (C=O) groups is 3. The van der Waals surface area contributed by atoms with Crippen LogP contribution in [-0.4, -0.2) is 101 Å². The van der Waals surface area contributed by atoms with Crippen LogP contribution in [0.3, 0.4) is 0 Å². The number of sulfonamides is 2.